The third kappa shape index (κ3) is 7.94. The number of primary amides is 1. The van der Waals surface area contributed by atoms with Crippen LogP contribution in [0.4, 0.5) is 0 Å². The molecule has 270 valence electrons. The van der Waals surface area contributed by atoms with Gasteiger partial charge in [0.25, 0.3) is 11.8 Å². The zero-order valence-electron chi connectivity index (χ0n) is 28.6. The van der Waals surface area contributed by atoms with Crippen LogP contribution in [-0.2, 0) is 30.4 Å². The highest BCUT2D eigenvalue weighted by Gasteiger charge is 2.49. The molecule has 6 rings (SSSR count). The number of likely N-dealkylation sites (tertiary alicyclic amines) is 1. The average molecular weight is 700 g/mol. The van der Waals surface area contributed by atoms with E-state index in [4.69, 9.17) is 5.73 Å². The number of aromatic nitrogens is 3. The van der Waals surface area contributed by atoms with Crippen molar-refractivity contribution >= 4 is 46.2 Å². The largest absolute Gasteiger partial charge is 0.481 e. The summed E-state index contributed by atoms with van der Waals surface area (Å²) in [5.74, 6) is -4.42. The molecule has 3 atom stereocenters. The lowest BCUT2D eigenvalue weighted by atomic mass is 9.78. The van der Waals surface area contributed by atoms with Crippen LogP contribution in [0.25, 0.3) is 10.8 Å². The SMILES string of the molecule is NC(=O)C(=O)C1(NC(=O)[C@@H]2C[C@H](n3nncc3CC(=O)O)CN2C(=O)C(CC2CCCCC2)NC(=O)c2ccc3ccccc3c2)CCCCC1. The number of hydrogen-bond acceptors (Lipinski definition) is 8. The van der Waals surface area contributed by atoms with Crippen molar-refractivity contribution in [2.24, 2.45) is 11.7 Å². The standard InChI is InChI=1S/C37H45N7O7/c38-33(48)32(47)37(15-7-2-8-16-37)41-35(50)30-19-28(44-27(20-31(45)46)21-39-42-44)22-43(30)36(51)29(17-23-9-3-1-4-10-23)40-34(49)26-14-13-24-11-5-6-12-25(24)18-26/h5-6,11-14,18,21,23,28-30H,1-4,7-10,15-17,19-20,22H2,(H2,38,48)(H,40,49)(H,41,50)(H,45,46)/t28-,29?,30-/m0/s1. The first-order valence-electron chi connectivity index (χ1n) is 17.9. The Morgan fingerprint density at radius 1 is 0.941 bits per heavy atom. The van der Waals surface area contributed by atoms with Crippen LogP contribution in [0, 0.1) is 5.92 Å². The fourth-order valence-electron chi connectivity index (χ4n) is 8.21. The van der Waals surface area contributed by atoms with E-state index >= 15 is 0 Å². The van der Waals surface area contributed by atoms with Crippen LogP contribution >= 0.6 is 0 Å². The van der Waals surface area contributed by atoms with Crippen molar-refractivity contribution < 1.29 is 33.9 Å². The summed E-state index contributed by atoms with van der Waals surface area (Å²) in [5, 5.41) is 25.2. The first-order chi connectivity index (χ1) is 24.5. The molecule has 3 fully saturated rings. The van der Waals surface area contributed by atoms with Crippen LogP contribution in [0.1, 0.15) is 99.1 Å². The highest BCUT2D eigenvalue weighted by Crippen LogP contribution is 2.34. The van der Waals surface area contributed by atoms with Crippen molar-refractivity contribution in [3.05, 3.63) is 59.9 Å². The molecule has 0 radical (unpaired) electrons. The molecular formula is C37H45N7O7. The molecular weight excluding hydrogens is 654 g/mol. The van der Waals surface area contributed by atoms with Gasteiger partial charge >= 0.3 is 5.97 Å². The highest BCUT2D eigenvalue weighted by atomic mass is 16.4. The number of carboxylic acid groups (broad SMARTS) is 1. The molecule has 2 aromatic carbocycles. The van der Waals surface area contributed by atoms with Gasteiger partial charge < -0.3 is 26.4 Å². The maximum atomic E-state index is 14.8. The van der Waals surface area contributed by atoms with Crippen LogP contribution in [0.5, 0.6) is 0 Å². The summed E-state index contributed by atoms with van der Waals surface area (Å²) in [6.45, 7) is -0.0172. The Morgan fingerprint density at radius 3 is 2.35 bits per heavy atom. The molecule has 0 bridgehead atoms. The second-order valence-corrected chi connectivity index (χ2v) is 14.3. The second-order valence-electron chi connectivity index (χ2n) is 14.3. The number of carbonyl (C=O) groups excluding carboxylic acids is 5. The molecule has 14 nitrogen and oxygen atoms in total. The molecule has 2 saturated carbocycles. The fraction of sp³-hybridized carbons (Fsp3) is 0.514. The number of carbonyl (C=O) groups is 6. The third-order valence-corrected chi connectivity index (χ3v) is 10.8. The van der Waals surface area contributed by atoms with Gasteiger partial charge in [-0.05, 0) is 48.1 Å². The quantitative estimate of drug-likeness (QED) is 0.205. The number of aliphatic carboxylic acids is 1. The summed E-state index contributed by atoms with van der Waals surface area (Å²) in [6.07, 6.45) is 8.91. The van der Waals surface area contributed by atoms with Gasteiger partial charge in [0.2, 0.25) is 17.6 Å². The summed E-state index contributed by atoms with van der Waals surface area (Å²) in [5.41, 5.74) is 4.66. The number of hydrogen-bond donors (Lipinski definition) is 4. The van der Waals surface area contributed by atoms with Crippen LogP contribution in [0.2, 0.25) is 0 Å². The van der Waals surface area contributed by atoms with E-state index in [1.165, 1.54) is 15.8 Å². The van der Waals surface area contributed by atoms with Crippen molar-refractivity contribution in [1.82, 2.24) is 30.5 Å². The van der Waals surface area contributed by atoms with Crippen molar-refractivity contribution in [2.75, 3.05) is 6.54 Å². The van der Waals surface area contributed by atoms with Gasteiger partial charge in [-0.25, -0.2) is 4.68 Å². The minimum absolute atomic E-state index is 0.0172. The van der Waals surface area contributed by atoms with E-state index in [0.717, 1.165) is 49.3 Å². The third-order valence-electron chi connectivity index (χ3n) is 10.8. The lowest BCUT2D eigenvalue weighted by Crippen LogP contribution is -2.62. The minimum atomic E-state index is -1.48. The molecule has 0 spiro atoms. The van der Waals surface area contributed by atoms with E-state index in [-0.39, 0.29) is 38.1 Å². The molecule has 3 aromatic rings. The number of Topliss-reactive ketones (excluding diaryl/α,β-unsaturated/α-hetero) is 1. The van der Waals surface area contributed by atoms with Gasteiger partial charge in [0.05, 0.1) is 24.4 Å². The number of benzene rings is 2. The molecule has 1 saturated heterocycles. The number of carboxylic acids is 1. The van der Waals surface area contributed by atoms with Crippen LogP contribution in [0.15, 0.2) is 48.7 Å². The van der Waals surface area contributed by atoms with E-state index in [1.54, 1.807) is 12.1 Å². The van der Waals surface area contributed by atoms with Crippen molar-refractivity contribution in [3.8, 4) is 0 Å². The number of nitrogens with two attached hydrogens (primary N) is 1. The van der Waals surface area contributed by atoms with Gasteiger partial charge in [0, 0.05) is 18.5 Å². The summed E-state index contributed by atoms with van der Waals surface area (Å²) in [4.78, 5) is 81.2. The van der Waals surface area contributed by atoms with Crippen molar-refractivity contribution in [3.63, 3.8) is 0 Å². The predicted octanol–water partition coefficient (Wildman–Crippen LogP) is 2.84. The van der Waals surface area contributed by atoms with Crippen molar-refractivity contribution in [1.29, 1.82) is 0 Å². The maximum absolute atomic E-state index is 14.8. The number of nitrogens with zero attached hydrogens (tertiary/aromatic N) is 4. The van der Waals surface area contributed by atoms with Gasteiger partial charge in [0.15, 0.2) is 0 Å². The molecule has 2 heterocycles. The fourth-order valence-corrected chi connectivity index (χ4v) is 8.21. The lowest BCUT2D eigenvalue weighted by molar-refractivity contribution is -0.145. The Balaban J connectivity index is 1.32. The lowest BCUT2D eigenvalue weighted by Gasteiger charge is -2.38. The highest BCUT2D eigenvalue weighted by molar-refractivity contribution is 6.39. The molecule has 1 aliphatic heterocycles. The average Bonchev–Trinajstić information content (AvgIpc) is 3.78. The Hall–Kier alpha value is -5.14. The second kappa shape index (κ2) is 15.4. The van der Waals surface area contributed by atoms with E-state index in [1.807, 2.05) is 30.3 Å². The summed E-state index contributed by atoms with van der Waals surface area (Å²) in [6, 6.07) is 10.3. The van der Waals surface area contributed by atoms with Gasteiger partial charge in [0.1, 0.15) is 17.6 Å². The Morgan fingerprint density at radius 2 is 1.65 bits per heavy atom. The molecule has 3 aliphatic rings. The smallest absolute Gasteiger partial charge is 0.309 e. The number of nitrogens with one attached hydrogen (secondary N) is 2. The number of ketones is 1. The van der Waals surface area contributed by atoms with Gasteiger partial charge in [-0.3, -0.25) is 28.8 Å². The van der Waals surface area contributed by atoms with E-state index in [2.05, 4.69) is 20.9 Å². The zero-order chi connectivity index (χ0) is 36.1. The van der Waals surface area contributed by atoms with Crippen LogP contribution in [0.3, 0.4) is 0 Å². The minimum Gasteiger partial charge on any atom is -0.481 e. The summed E-state index contributed by atoms with van der Waals surface area (Å²) in [7, 11) is 0. The Kier molecular flexibility index (Phi) is 10.8. The van der Waals surface area contributed by atoms with Crippen LogP contribution < -0.4 is 16.4 Å². The van der Waals surface area contributed by atoms with Crippen molar-refractivity contribution in [2.45, 2.75) is 107 Å². The summed E-state index contributed by atoms with van der Waals surface area (Å²) < 4.78 is 1.43. The van der Waals surface area contributed by atoms with E-state index < -0.39 is 59.0 Å². The topological polar surface area (TPSA) is 207 Å². The molecule has 51 heavy (non-hydrogen) atoms. The number of rotatable bonds is 12. The van der Waals surface area contributed by atoms with E-state index in [0.29, 0.717) is 30.5 Å². The first-order valence-corrected chi connectivity index (χ1v) is 17.9. The van der Waals surface area contributed by atoms with Gasteiger partial charge in [-0.1, -0.05) is 86.9 Å². The molecule has 5 N–H and O–H groups in total. The summed E-state index contributed by atoms with van der Waals surface area (Å²) >= 11 is 0. The maximum Gasteiger partial charge on any atom is 0.309 e. The first kappa shape index (κ1) is 35.7. The number of fused-ring (bicyclic) bond motifs is 1. The Bertz CT molecular complexity index is 1810. The van der Waals surface area contributed by atoms with Gasteiger partial charge in [-0.15, -0.1) is 5.10 Å². The molecule has 1 aromatic heterocycles. The van der Waals surface area contributed by atoms with E-state index in [9.17, 15) is 33.9 Å². The van der Waals surface area contributed by atoms with Crippen LogP contribution in [-0.4, -0.2) is 84.5 Å². The molecule has 4 amide bonds. The van der Waals surface area contributed by atoms with Gasteiger partial charge in [-0.2, -0.15) is 0 Å². The Labute approximate surface area is 295 Å². The number of amides is 4. The normalized spacial score (nSPS) is 21.1. The molecule has 1 unspecified atom stereocenters. The molecule has 14 heteroatoms. The predicted molar refractivity (Wildman–Crippen MR) is 185 cm³/mol. The zero-order valence-corrected chi connectivity index (χ0v) is 28.6. The monoisotopic (exact) mass is 699 g/mol. The molecule has 2 aliphatic carbocycles.